The van der Waals surface area contributed by atoms with Crippen molar-refractivity contribution in [2.45, 2.75) is 12.5 Å². The lowest BCUT2D eigenvalue weighted by atomic mass is 9.84. The summed E-state index contributed by atoms with van der Waals surface area (Å²) in [6.07, 6.45) is 0. The van der Waals surface area contributed by atoms with Gasteiger partial charge >= 0.3 is 0 Å². The molecule has 4 aromatic rings. The smallest absolute Gasteiger partial charge is 0.297 e. The number of carbonyl (C=O) groups excluding carboxylic acids is 2. The van der Waals surface area contributed by atoms with E-state index in [1.807, 2.05) is 0 Å². The topological polar surface area (TPSA) is 96.6 Å². The van der Waals surface area contributed by atoms with Crippen LogP contribution in [0.1, 0.15) is 26.7 Å². The standard InChI is InChI=1S/C22H13ClN4O4S/c1-10-24-25-21(32-10)27-19(29)18-16(17(28)12-9-11(23)7-8-15(12)31-18)22(27)13-5-3-4-6-14(13)26(2)20(22)30/h3-9H,1-2H3. The van der Waals surface area contributed by atoms with Crippen molar-refractivity contribution in [1.29, 1.82) is 0 Å². The number of fused-ring (bicyclic) bond motifs is 5. The van der Waals surface area contributed by atoms with Crippen molar-refractivity contribution >= 4 is 56.5 Å². The number of para-hydroxylation sites is 1. The minimum atomic E-state index is -1.75. The fourth-order valence-corrected chi connectivity index (χ4v) is 5.53. The van der Waals surface area contributed by atoms with Gasteiger partial charge in [0.25, 0.3) is 11.8 Å². The number of hydrogen-bond donors (Lipinski definition) is 0. The first-order valence-electron chi connectivity index (χ1n) is 9.65. The molecule has 0 saturated heterocycles. The zero-order chi connectivity index (χ0) is 22.4. The van der Waals surface area contributed by atoms with Crippen molar-refractivity contribution in [3.05, 3.63) is 79.6 Å². The van der Waals surface area contributed by atoms with E-state index in [0.29, 0.717) is 21.3 Å². The van der Waals surface area contributed by atoms with Crippen LogP contribution in [0.5, 0.6) is 0 Å². The highest BCUT2D eigenvalue weighted by Crippen LogP contribution is 2.53. The first-order chi connectivity index (χ1) is 15.4. The first-order valence-corrected chi connectivity index (χ1v) is 10.8. The maximum Gasteiger partial charge on any atom is 0.297 e. The van der Waals surface area contributed by atoms with Gasteiger partial charge in [0.2, 0.25) is 10.9 Å². The van der Waals surface area contributed by atoms with Crippen LogP contribution >= 0.6 is 22.9 Å². The molecule has 2 aromatic carbocycles. The maximum absolute atomic E-state index is 13.9. The van der Waals surface area contributed by atoms with Crippen LogP contribution in [0, 0.1) is 6.92 Å². The second kappa shape index (κ2) is 6.24. The zero-order valence-electron chi connectivity index (χ0n) is 16.7. The van der Waals surface area contributed by atoms with Gasteiger partial charge in [-0.15, -0.1) is 10.2 Å². The fourth-order valence-electron chi connectivity index (χ4n) is 4.62. The zero-order valence-corrected chi connectivity index (χ0v) is 18.3. The van der Waals surface area contributed by atoms with Crippen molar-refractivity contribution in [3.63, 3.8) is 0 Å². The second-order valence-electron chi connectivity index (χ2n) is 7.61. The highest BCUT2D eigenvalue weighted by atomic mass is 35.5. The Morgan fingerprint density at radius 1 is 1.09 bits per heavy atom. The van der Waals surface area contributed by atoms with Crippen LogP contribution in [0.25, 0.3) is 11.0 Å². The Balaban J connectivity index is 1.81. The monoisotopic (exact) mass is 464 g/mol. The van der Waals surface area contributed by atoms with E-state index in [2.05, 4.69) is 10.2 Å². The van der Waals surface area contributed by atoms with Gasteiger partial charge < -0.3 is 9.32 Å². The Morgan fingerprint density at radius 3 is 2.62 bits per heavy atom. The van der Waals surface area contributed by atoms with E-state index in [0.717, 1.165) is 11.3 Å². The van der Waals surface area contributed by atoms with Gasteiger partial charge in [-0.1, -0.05) is 41.1 Å². The molecule has 0 saturated carbocycles. The van der Waals surface area contributed by atoms with E-state index in [4.69, 9.17) is 16.0 Å². The predicted octanol–water partition coefficient (Wildman–Crippen LogP) is 3.49. The molecule has 32 heavy (non-hydrogen) atoms. The number of carbonyl (C=O) groups is 2. The number of rotatable bonds is 1. The summed E-state index contributed by atoms with van der Waals surface area (Å²) in [5.74, 6) is -1.26. The Labute approximate surface area is 189 Å². The van der Waals surface area contributed by atoms with Gasteiger partial charge in [-0.2, -0.15) is 0 Å². The molecule has 0 fully saturated rings. The van der Waals surface area contributed by atoms with E-state index < -0.39 is 22.8 Å². The molecular weight excluding hydrogens is 452 g/mol. The second-order valence-corrected chi connectivity index (χ2v) is 9.21. The molecule has 1 atom stereocenters. The highest BCUT2D eigenvalue weighted by Gasteiger charge is 2.65. The molecule has 8 nitrogen and oxygen atoms in total. The third kappa shape index (κ3) is 2.14. The normalized spacial score (nSPS) is 19.3. The first kappa shape index (κ1) is 19.1. The number of nitrogens with zero attached hydrogens (tertiary/aromatic N) is 4. The summed E-state index contributed by atoms with van der Waals surface area (Å²) < 4.78 is 5.93. The highest BCUT2D eigenvalue weighted by molar-refractivity contribution is 7.15. The van der Waals surface area contributed by atoms with E-state index in [1.54, 1.807) is 44.3 Å². The molecule has 2 aliphatic heterocycles. The third-order valence-corrected chi connectivity index (χ3v) is 6.98. The average molecular weight is 465 g/mol. The lowest BCUT2D eigenvalue weighted by molar-refractivity contribution is -0.121. The number of likely N-dealkylation sites (N-methyl/N-ethyl adjacent to an activating group) is 1. The average Bonchev–Trinajstić information content (AvgIpc) is 3.38. The molecule has 2 amide bonds. The molecule has 1 unspecified atom stereocenters. The fraction of sp³-hybridized carbons (Fsp3) is 0.136. The van der Waals surface area contributed by atoms with Crippen LogP contribution in [0.2, 0.25) is 5.02 Å². The Hall–Kier alpha value is -3.56. The number of halogens is 1. The summed E-state index contributed by atoms with van der Waals surface area (Å²) >= 11 is 7.29. The van der Waals surface area contributed by atoms with Crippen LogP contribution in [0.15, 0.2) is 51.7 Å². The van der Waals surface area contributed by atoms with Gasteiger partial charge in [0.1, 0.15) is 10.6 Å². The van der Waals surface area contributed by atoms with E-state index in [1.165, 1.54) is 21.9 Å². The number of aromatic nitrogens is 2. The SMILES string of the molecule is Cc1nnc(N2C(=O)c3oc4ccc(Cl)cc4c(=O)c3C23C(=O)N(C)c2ccccc23)s1. The quantitative estimate of drug-likeness (QED) is 0.428. The van der Waals surface area contributed by atoms with Gasteiger partial charge in [0.05, 0.1) is 10.9 Å². The molecule has 0 aliphatic carbocycles. The minimum absolute atomic E-state index is 0.0353. The van der Waals surface area contributed by atoms with Crippen molar-refractivity contribution in [2.24, 2.45) is 0 Å². The maximum atomic E-state index is 13.9. The van der Waals surface area contributed by atoms with Crippen LogP contribution in [0.3, 0.4) is 0 Å². The summed E-state index contributed by atoms with van der Waals surface area (Å²) in [6, 6.07) is 11.7. The number of amides is 2. The summed E-state index contributed by atoms with van der Waals surface area (Å²) in [5.41, 5.74) is -0.966. The molecule has 1 spiro atoms. The van der Waals surface area contributed by atoms with Gasteiger partial charge in [-0.05, 0) is 31.2 Å². The van der Waals surface area contributed by atoms with Crippen LogP contribution in [-0.4, -0.2) is 29.1 Å². The molecule has 2 aromatic heterocycles. The Bertz CT molecular complexity index is 1560. The molecule has 4 heterocycles. The van der Waals surface area contributed by atoms with Crippen molar-refractivity contribution < 1.29 is 14.0 Å². The Kier molecular flexibility index (Phi) is 3.73. The third-order valence-electron chi connectivity index (χ3n) is 5.92. The van der Waals surface area contributed by atoms with Crippen molar-refractivity contribution in [3.8, 4) is 0 Å². The lowest BCUT2D eigenvalue weighted by Gasteiger charge is -2.31. The predicted molar refractivity (Wildman–Crippen MR) is 120 cm³/mol. The summed E-state index contributed by atoms with van der Waals surface area (Å²) in [4.78, 5) is 44.2. The molecule has 0 bridgehead atoms. The molecule has 0 radical (unpaired) electrons. The lowest BCUT2D eigenvalue weighted by Crippen LogP contribution is -2.53. The molecule has 2 aliphatic rings. The van der Waals surface area contributed by atoms with Crippen LogP contribution in [0.4, 0.5) is 10.8 Å². The number of aryl methyl sites for hydroxylation is 1. The van der Waals surface area contributed by atoms with Crippen LogP contribution < -0.4 is 15.2 Å². The molecule has 0 N–H and O–H groups in total. The number of benzene rings is 2. The van der Waals surface area contributed by atoms with Crippen molar-refractivity contribution in [2.75, 3.05) is 16.8 Å². The summed E-state index contributed by atoms with van der Waals surface area (Å²) in [6.45, 7) is 1.75. The molecule has 158 valence electrons. The van der Waals surface area contributed by atoms with Gasteiger partial charge in [0.15, 0.2) is 11.0 Å². The van der Waals surface area contributed by atoms with E-state index in [9.17, 15) is 14.4 Å². The minimum Gasteiger partial charge on any atom is -0.450 e. The van der Waals surface area contributed by atoms with E-state index >= 15 is 0 Å². The number of hydrogen-bond acceptors (Lipinski definition) is 7. The van der Waals surface area contributed by atoms with Crippen LogP contribution in [-0.2, 0) is 10.3 Å². The van der Waals surface area contributed by atoms with Gasteiger partial charge in [0, 0.05) is 23.3 Å². The van der Waals surface area contributed by atoms with Gasteiger partial charge in [-0.25, -0.2) is 0 Å². The molecule has 10 heteroatoms. The van der Waals surface area contributed by atoms with Gasteiger partial charge in [-0.3, -0.25) is 19.3 Å². The van der Waals surface area contributed by atoms with Crippen molar-refractivity contribution in [1.82, 2.24) is 10.2 Å². The molecule has 6 rings (SSSR count). The number of anilines is 2. The summed E-state index contributed by atoms with van der Waals surface area (Å²) in [7, 11) is 1.61. The Morgan fingerprint density at radius 2 is 1.88 bits per heavy atom. The largest absolute Gasteiger partial charge is 0.450 e. The summed E-state index contributed by atoms with van der Waals surface area (Å²) in [5, 5.41) is 9.52. The van der Waals surface area contributed by atoms with E-state index in [-0.39, 0.29) is 27.4 Å². The molecular formula is C22H13ClN4O4S.